The quantitative estimate of drug-likeness (QED) is 0.0212. The average Bonchev–Trinajstić information content (AvgIpc) is 3.36. The van der Waals surface area contributed by atoms with Crippen LogP contribution in [0.4, 0.5) is 0 Å². The summed E-state index contributed by atoms with van der Waals surface area (Å²) >= 11 is 0. The van der Waals surface area contributed by atoms with Crippen LogP contribution in [0.5, 0.6) is 0 Å². The lowest BCUT2D eigenvalue weighted by atomic mass is 10.0. The third kappa shape index (κ3) is 52.7. The zero-order valence-corrected chi connectivity index (χ0v) is 48.4. The molecular formula is C64H105N2O7P. The van der Waals surface area contributed by atoms with Crippen molar-refractivity contribution in [2.45, 2.75) is 206 Å². The minimum Gasteiger partial charge on any atom is -0.756 e. The Labute approximate surface area is 453 Å². The van der Waals surface area contributed by atoms with Gasteiger partial charge in [0.1, 0.15) is 19.3 Å². The number of nitrogens with zero attached hydrogens (tertiary/aromatic N) is 1. The largest absolute Gasteiger partial charge is 0.756 e. The van der Waals surface area contributed by atoms with Gasteiger partial charge in [-0.25, -0.2) is 0 Å². The van der Waals surface area contributed by atoms with Gasteiger partial charge in [-0.3, -0.25) is 14.2 Å². The predicted molar refractivity (Wildman–Crippen MR) is 316 cm³/mol. The highest BCUT2D eigenvalue weighted by Gasteiger charge is 2.27. The van der Waals surface area contributed by atoms with Crippen LogP contribution in [0.2, 0.25) is 0 Å². The Balaban J connectivity index is 5.62. The molecule has 0 rings (SSSR count). The number of hydrogen-bond donors (Lipinski definition) is 1. The molecule has 0 aliphatic rings. The van der Waals surface area contributed by atoms with Crippen LogP contribution in [0.3, 0.4) is 0 Å². The van der Waals surface area contributed by atoms with E-state index in [1.165, 1.54) is 57.8 Å². The summed E-state index contributed by atoms with van der Waals surface area (Å²) in [7, 11) is 1.08. The number of hydrogen-bond acceptors (Lipinski definition) is 7. The molecule has 0 aliphatic heterocycles. The second kappa shape index (κ2) is 52.3. The Morgan fingerprint density at radius 1 is 0.486 bits per heavy atom. The third-order valence-corrected chi connectivity index (χ3v) is 12.5. The van der Waals surface area contributed by atoms with Crippen molar-refractivity contribution in [2.24, 2.45) is 0 Å². The van der Waals surface area contributed by atoms with E-state index in [2.05, 4.69) is 135 Å². The number of ether oxygens (including phenoxy) is 1. The minimum absolute atomic E-state index is 0.0551. The zero-order chi connectivity index (χ0) is 54.3. The first-order valence-corrected chi connectivity index (χ1v) is 30.1. The molecule has 9 nitrogen and oxygen atoms in total. The summed E-state index contributed by atoms with van der Waals surface area (Å²) in [5.74, 6) is -0.750. The fourth-order valence-corrected chi connectivity index (χ4v) is 7.90. The maximum atomic E-state index is 13.4. The SMILES string of the molecule is CC/C=C\C/C=C\C/C=C\C/C=C\C/C=C\C/C=C\CCC(=O)OC(/C=C/CCCCCCCCCCCCC)C(COP(=O)([O-])OCC[N+](C)(C)C)NC(=O)CC/C=C/C/C=C/C/C=C/C/C=C/C/C=C/CC. The average molecular weight is 1050 g/mol. The highest BCUT2D eigenvalue weighted by atomic mass is 31.2. The van der Waals surface area contributed by atoms with Gasteiger partial charge in [0.25, 0.3) is 7.82 Å². The summed E-state index contributed by atoms with van der Waals surface area (Å²) in [5, 5.41) is 2.94. The molecular weight excluding hydrogens is 940 g/mol. The first-order chi connectivity index (χ1) is 35.9. The van der Waals surface area contributed by atoms with E-state index in [9.17, 15) is 19.0 Å². The summed E-state index contributed by atoms with van der Waals surface area (Å²) in [6, 6.07) is -0.969. The van der Waals surface area contributed by atoms with Gasteiger partial charge < -0.3 is 28.5 Å². The molecule has 0 bridgehead atoms. The van der Waals surface area contributed by atoms with Gasteiger partial charge in [0, 0.05) is 12.8 Å². The van der Waals surface area contributed by atoms with Gasteiger partial charge in [-0.05, 0) is 102 Å². The Morgan fingerprint density at radius 3 is 1.27 bits per heavy atom. The highest BCUT2D eigenvalue weighted by Crippen LogP contribution is 2.38. The van der Waals surface area contributed by atoms with Crippen molar-refractivity contribution in [1.29, 1.82) is 0 Å². The Hall–Kier alpha value is -4.11. The Kier molecular flexibility index (Phi) is 49.4. The first kappa shape index (κ1) is 69.9. The van der Waals surface area contributed by atoms with E-state index in [0.29, 0.717) is 23.9 Å². The number of carbonyl (C=O) groups excluding carboxylic acids is 2. The number of phosphoric ester groups is 1. The molecule has 0 aromatic rings. The number of esters is 1. The van der Waals surface area contributed by atoms with E-state index in [4.69, 9.17) is 13.8 Å². The van der Waals surface area contributed by atoms with Gasteiger partial charge in [0.15, 0.2) is 0 Å². The molecule has 0 radical (unpaired) electrons. The molecule has 1 amide bonds. The van der Waals surface area contributed by atoms with E-state index < -0.39 is 32.5 Å². The molecule has 0 aliphatic carbocycles. The molecule has 10 heteroatoms. The third-order valence-electron chi connectivity index (χ3n) is 11.5. The maximum Gasteiger partial charge on any atom is 0.306 e. The fourth-order valence-electron chi connectivity index (χ4n) is 7.18. The molecule has 0 saturated carbocycles. The molecule has 0 aromatic heterocycles. The van der Waals surface area contributed by atoms with Crippen LogP contribution in [0.15, 0.2) is 146 Å². The molecule has 0 saturated heterocycles. The number of rotatable bonds is 49. The first-order valence-electron chi connectivity index (χ1n) is 28.6. The minimum atomic E-state index is -4.74. The van der Waals surface area contributed by atoms with Crippen LogP contribution in [0.1, 0.15) is 194 Å². The fraction of sp³-hybridized carbons (Fsp3) is 0.594. The summed E-state index contributed by atoms with van der Waals surface area (Å²) in [4.78, 5) is 39.8. The molecule has 0 fully saturated rings. The molecule has 0 aromatic carbocycles. The van der Waals surface area contributed by atoms with Crippen molar-refractivity contribution < 1.29 is 37.3 Å². The van der Waals surface area contributed by atoms with Gasteiger partial charge in [0.05, 0.1) is 33.8 Å². The monoisotopic (exact) mass is 1040 g/mol. The molecule has 3 atom stereocenters. The molecule has 3 unspecified atom stereocenters. The summed E-state index contributed by atoms with van der Waals surface area (Å²) < 4.78 is 30.1. The van der Waals surface area contributed by atoms with Gasteiger partial charge in [0.2, 0.25) is 5.91 Å². The summed E-state index contributed by atoms with van der Waals surface area (Å²) in [6.07, 6.45) is 75.6. The van der Waals surface area contributed by atoms with Gasteiger partial charge >= 0.3 is 5.97 Å². The number of nitrogens with one attached hydrogen (secondary N) is 1. The number of unbranched alkanes of at least 4 members (excludes halogenated alkanes) is 11. The second-order valence-electron chi connectivity index (χ2n) is 19.7. The van der Waals surface area contributed by atoms with Gasteiger partial charge in [-0.15, -0.1) is 0 Å². The molecule has 0 spiro atoms. The second-order valence-corrected chi connectivity index (χ2v) is 21.1. The maximum absolute atomic E-state index is 13.4. The standard InChI is InChI=1S/C64H105N2O7P/c1-7-10-13-16-19-22-25-28-30-32-33-34-36-39-42-45-48-51-54-57-64(68)73-62(55-52-49-46-43-40-37-27-24-21-18-15-12-9-3)61(60-72-74(69,70)71-59-58-66(4,5)6)65-63(67)56-53-50-47-44-41-38-35-31-29-26-23-20-17-14-11-8-2/h10-11,13-14,19-20,22-23,28-31,33-34,38-39,41-42,47-48,50-52,55,61-62H,7-9,12,15-18,21,24-27,32,35-37,40,43-46,49,53-54,56-60H2,1-6H3,(H-,65,67,69,70)/b13-10-,14-11+,22-19-,23-20+,30-28-,31-29+,34-33-,41-38+,42-39-,50-47+,51-48-,55-52+. The lowest BCUT2D eigenvalue weighted by Crippen LogP contribution is -2.47. The Morgan fingerprint density at radius 2 is 0.865 bits per heavy atom. The molecule has 418 valence electrons. The van der Waals surface area contributed by atoms with Crippen molar-refractivity contribution in [1.82, 2.24) is 5.32 Å². The molecule has 74 heavy (non-hydrogen) atoms. The van der Waals surface area contributed by atoms with Crippen molar-refractivity contribution in [2.75, 3.05) is 40.9 Å². The summed E-state index contributed by atoms with van der Waals surface area (Å²) in [6.45, 7) is 6.47. The van der Waals surface area contributed by atoms with Crippen molar-refractivity contribution in [3.8, 4) is 0 Å². The van der Waals surface area contributed by atoms with Crippen LogP contribution >= 0.6 is 7.82 Å². The normalized spacial score (nSPS) is 14.9. The topological polar surface area (TPSA) is 114 Å². The number of allylic oxidation sites excluding steroid dienone is 23. The van der Waals surface area contributed by atoms with E-state index in [1.54, 1.807) is 6.08 Å². The van der Waals surface area contributed by atoms with Crippen molar-refractivity contribution in [3.63, 3.8) is 0 Å². The van der Waals surface area contributed by atoms with Crippen LogP contribution < -0.4 is 10.2 Å². The highest BCUT2D eigenvalue weighted by molar-refractivity contribution is 7.45. The van der Waals surface area contributed by atoms with E-state index in [-0.39, 0.29) is 25.4 Å². The molecule has 0 heterocycles. The lowest BCUT2D eigenvalue weighted by Gasteiger charge is -2.30. The van der Waals surface area contributed by atoms with Gasteiger partial charge in [-0.2, -0.15) is 0 Å². The number of quaternary nitrogens is 1. The van der Waals surface area contributed by atoms with Crippen molar-refractivity contribution >= 4 is 19.7 Å². The van der Waals surface area contributed by atoms with Crippen LogP contribution in [0, 0.1) is 0 Å². The smallest absolute Gasteiger partial charge is 0.306 e. The zero-order valence-electron chi connectivity index (χ0n) is 47.5. The molecule has 1 N–H and O–H groups in total. The predicted octanol–water partition coefficient (Wildman–Crippen LogP) is 16.9. The Bertz CT molecular complexity index is 1770. The van der Waals surface area contributed by atoms with Crippen LogP contribution in [-0.2, 0) is 27.9 Å². The van der Waals surface area contributed by atoms with E-state index >= 15 is 0 Å². The van der Waals surface area contributed by atoms with Crippen LogP contribution in [-0.4, -0.2) is 69.4 Å². The lowest BCUT2D eigenvalue weighted by molar-refractivity contribution is -0.870. The number of carbonyl (C=O) groups is 2. The van der Waals surface area contributed by atoms with Crippen LogP contribution in [0.25, 0.3) is 0 Å². The van der Waals surface area contributed by atoms with Gasteiger partial charge in [-0.1, -0.05) is 225 Å². The van der Waals surface area contributed by atoms with E-state index in [1.807, 2.05) is 51.5 Å². The number of amides is 1. The van der Waals surface area contributed by atoms with Crippen molar-refractivity contribution in [3.05, 3.63) is 146 Å². The van der Waals surface area contributed by atoms with E-state index in [0.717, 1.165) is 89.9 Å². The summed E-state index contributed by atoms with van der Waals surface area (Å²) in [5.41, 5.74) is 0. The number of phosphoric acid groups is 1. The number of likely N-dealkylation sites (N-methyl/N-ethyl adjacent to an activating group) is 1.